The van der Waals surface area contributed by atoms with Crippen molar-refractivity contribution in [1.82, 2.24) is 19.7 Å². The smallest absolute Gasteiger partial charge is 0.303 e. The summed E-state index contributed by atoms with van der Waals surface area (Å²) in [6.45, 7) is 11.8. The second kappa shape index (κ2) is 11.8. The van der Waals surface area contributed by atoms with Crippen molar-refractivity contribution < 1.29 is 25.0 Å². The molecule has 0 saturated heterocycles. The number of carboxylic acid groups (broad SMARTS) is 2. The molecule has 3 aromatic heterocycles. The summed E-state index contributed by atoms with van der Waals surface area (Å²) < 4.78 is 1.20. The molecule has 2 aliphatic rings. The number of allylic oxidation sites excluding steroid dienone is 4. The van der Waals surface area contributed by atoms with Gasteiger partial charge in [-0.05, 0) is 123 Å². The number of hydrogen-bond donors (Lipinski definition) is 5. The van der Waals surface area contributed by atoms with E-state index in [-0.39, 0.29) is 31.7 Å². The molecule has 0 spiro atoms. The van der Waals surface area contributed by atoms with E-state index in [4.69, 9.17) is 15.7 Å². The molecule has 44 heavy (non-hydrogen) atoms. The van der Waals surface area contributed by atoms with Gasteiger partial charge in [0.1, 0.15) is 0 Å². The monoisotopic (exact) mass is 597 g/mol. The average Bonchev–Trinajstić information content (AvgIpc) is 3.59. The van der Waals surface area contributed by atoms with Crippen LogP contribution in [0.5, 0.6) is 0 Å². The summed E-state index contributed by atoms with van der Waals surface area (Å²) in [5.41, 5.74) is 18.8. The van der Waals surface area contributed by atoms with Crippen molar-refractivity contribution in [1.29, 1.82) is 0 Å². The highest BCUT2D eigenvalue weighted by Gasteiger charge is 2.23. The molecular formula is C34H39N5O5. The number of aryl methyl sites for hydroxylation is 3. The summed E-state index contributed by atoms with van der Waals surface area (Å²) >= 11 is 0. The molecule has 5 heterocycles. The predicted octanol–water partition coefficient (Wildman–Crippen LogP) is 6.82. The molecule has 0 amide bonds. The van der Waals surface area contributed by atoms with Crippen LogP contribution in [0.15, 0.2) is 24.3 Å². The first kappa shape index (κ1) is 30.7. The third-order valence-electron chi connectivity index (χ3n) is 8.84. The van der Waals surface area contributed by atoms with Gasteiger partial charge in [-0.15, -0.1) is 0 Å². The summed E-state index contributed by atoms with van der Waals surface area (Å²) in [5, 5.41) is 30.5. The van der Waals surface area contributed by atoms with Crippen LogP contribution in [0, 0.1) is 13.8 Å². The Labute approximate surface area is 255 Å². The maximum atomic E-state index is 11.6. The van der Waals surface area contributed by atoms with Crippen LogP contribution < -0.4 is 5.73 Å². The number of nitrogens with two attached hydrogens (primary N) is 1. The lowest BCUT2D eigenvalue weighted by atomic mass is 9.98. The van der Waals surface area contributed by atoms with Gasteiger partial charge in [0.2, 0.25) is 0 Å². The van der Waals surface area contributed by atoms with Gasteiger partial charge >= 0.3 is 11.9 Å². The molecule has 0 saturated carbocycles. The zero-order chi connectivity index (χ0) is 32.0. The predicted molar refractivity (Wildman–Crippen MR) is 172 cm³/mol. The standard InChI is InChI=1S/C34H39N5O5/c1-7-21-18(4)30-14-25-17(3)23(9-11-33(42)43)28(37-25)13-27-22(8-10-32(40)41)16(2)24(36-27)12-29-34(20(6)35)19(5)26(38-29)15-31(21)39(30)44/h12-15,20,38,44H,7-11,35H2,1-6H3,(H,40,41)(H,42,43)/t20-/m0/s1. The molecule has 10 heteroatoms. The minimum absolute atomic E-state index is 0.0639. The third kappa shape index (κ3) is 5.41. The minimum Gasteiger partial charge on any atom is -0.481 e. The second-order valence-corrected chi connectivity index (χ2v) is 11.7. The van der Waals surface area contributed by atoms with Crippen molar-refractivity contribution in [3.05, 3.63) is 69.3 Å². The number of nitrogens with zero attached hydrogens (tertiary/aromatic N) is 3. The first-order valence-corrected chi connectivity index (χ1v) is 14.9. The van der Waals surface area contributed by atoms with E-state index in [0.29, 0.717) is 40.2 Å². The van der Waals surface area contributed by atoms with Crippen molar-refractivity contribution in [2.24, 2.45) is 5.73 Å². The molecule has 0 unspecified atom stereocenters. The summed E-state index contributed by atoms with van der Waals surface area (Å²) in [7, 11) is 0. The fourth-order valence-electron chi connectivity index (χ4n) is 6.43. The van der Waals surface area contributed by atoms with Gasteiger partial charge in [0.25, 0.3) is 0 Å². The molecule has 230 valence electrons. The molecule has 8 bridgehead atoms. The number of nitrogens with one attached hydrogen (secondary N) is 1. The van der Waals surface area contributed by atoms with Gasteiger partial charge in [-0.25, -0.2) is 9.97 Å². The lowest BCUT2D eigenvalue weighted by Gasteiger charge is -2.05. The van der Waals surface area contributed by atoms with E-state index in [1.54, 1.807) is 0 Å². The van der Waals surface area contributed by atoms with E-state index < -0.39 is 11.9 Å². The van der Waals surface area contributed by atoms with E-state index in [2.05, 4.69) is 4.98 Å². The lowest BCUT2D eigenvalue weighted by molar-refractivity contribution is -0.137. The van der Waals surface area contributed by atoms with Gasteiger partial charge in [0.05, 0.1) is 33.8 Å². The molecule has 10 nitrogen and oxygen atoms in total. The van der Waals surface area contributed by atoms with Crippen LogP contribution in [0.4, 0.5) is 0 Å². The molecule has 0 radical (unpaired) electrons. The fourth-order valence-corrected chi connectivity index (χ4v) is 6.43. The number of fused-ring (bicyclic) bond motifs is 8. The van der Waals surface area contributed by atoms with E-state index in [1.807, 2.05) is 65.8 Å². The number of aromatic nitrogens is 4. The molecule has 3 aromatic rings. The van der Waals surface area contributed by atoms with Crippen molar-refractivity contribution in [2.75, 3.05) is 0 Å². The van der Waals surface area contributed by atoms with Crippen LogP contribution in [0.25, 0.3) is 44.4 Å². The topological polar surface area (TPSA) is 167 Å². The summed E-state index contributed by atoms with van der Waals surface area (Å²) in [5.74, 6) is -1.82. The number of hydrogen-bond acceptors (Lipinski definition) is 6. The number of aromatic amines is 1. The number of rotatable bonds is 8. The van der Waals surface area contributed by atoms with Gasteiger partial charge in [-0.3, -0.25) is 9.59 Å². The Hall–Kier alpha value is -4.70. The Morgan fingerprint density at radius 1 is 0.818 bits per heavy atom. The summed E-state index contributed by atoms with van der Waals surface area (Å²) in [4.78, 5) is 36.5. The van der Waals surface area contributed by atoms with E-state index in [9.17, 15) is 25.0 Å². The van der Waals surface area contributed by atoms with Gasteiger partial charge in [0, 0.05) is 29.9 Å². The largest absolute Gasteiger partial charge is 0.481 e. The van der Waals surface area contributed by atoms with Crippen molar-refractivity contribution in [2.45, 2.75) is 79.7 Å². The van der Waals surface area contributed by atoms with E-state index in [0.717, 1.165) is 55.6 Å². The van der Waals surface area contributed by atoms with Crippen molar-refractivity contribution in [3.63, 3.8) is 0 Å². The quantitative estimate of drug-likeness (QED) is 0.176. The molecule has 0 fully saturated rings. The zero-order valence-electron chi connectivity index (χ0n) is 26.0. The molecular weight excluding hydrogens is 558 g/mol. The highest BCUT2D eigenvalue weighted by molar-refractivity contribution is 5.96. The molecule has 5 rings (SSSR count). The Morgan fingerprint density at radius 3 is 1.86 bits per heavy atom. The van der Waals surface area contributed by atoms with Crippen LogP contribution in [0.1, 0.15) is 104 Å². The molecule has 1 atom stereocenters. The maximum absolute atomic E-state index is 11.6. The van der Waals surface area contributed by atoms with Crippen molar-refractivity contribution >= 4 is 56.3 Å². The van der Waals surface area contributed by atoms with Gasteiger partial charge in [0.15, 0.2) is 0 Å². The number of carbonyl (C=O) groups is 2. The Bertz CT molecular complexity index is 1940. The molecule has 0 aromatic carbocycles. The lowest BCUT2D eigenvalue weighted by Crippen LogP contribution is -2.05. The Morgan fingerprint density at radius 2 is 1.36 bits per heavy atom. The molecule has 2 aliphatic heterocycles. The van der Waals surface area contributed by atoms with Crippen LogP contribution in [-0.2, 0) is 16.0 Å². The average molecular weight is 598 g/mol. The van der Waals surface area contributed by atoms with Crippen LogP contribution in [0.2, 0.25) is 0 Å². The first-order chi connectivity index (χ1) is 20.8. The van der Waals surface area contributed by atoms with Crippen molar-refractivity contribution in [3.8, 4) is 0 Å². The third-order valence-corrected chi connectivity index (χ3v) is 8.84. The number of H-pyrrole nitrogens is 1. The number of aliphatic carboxylic acids is 2. The van der Waals surface area contributed by atoms with Gasteiger partial charge in [-0.2, -0.15) is 4.73 Å². The van der Waals surface area contributed by atoms with Gasteiger partial charge < -0.3 is 26.1 Å². The van der Waals surface area contributed by atoms with Gasteiger partial charge in [-0.1, -0.05) is 6.92 Å². The Kier molecular flexibility index (Phi) is 8.22. The Balaban J connectivity index is 1.97. The highest BCUT2D eigenvalue weighted by atomic mass is 16.5. The van der Waals surface area contributed by atoms with E-state index in [1.165, 1.54) is 4.73 Å². The minimum atomic E-state index is -0.917. The van der Waals surface area contributed by atoms with E-state index >= 15 is 0 Å². The molecule has 6 N–H and O–H groups in total. The van der Waals surface area contributed by atoms with Crippen LogP contribution >= 0.6 is 0 Å². The van der Waals surface area contributed by atoms with Crippen LogP contribution in [0.3, 0.4) is 0 Å². The molecule has 0 aliphatic carbocycles. The zero-order valence-corrected chi connectivity index (χ0v) is 26.0. The normalized spacial score (nSPS) is 14.0. The second-order valence-electron chi connectivity index (χ2n) is 11.7. The van der Waals surface area contributed by atoms with Crippen LogP contribution in [-0.4, -0.2) is 47.0 Å². The number of carboxylic acids is 2. The first-order valence-electron chi connectivity index (χ1n) is 14.9. The SMILES string of the molecule is CCc1c(C)c2cc3nc(cc4nc(cc5[nH]c(cc1n2O)c(C)c5[C@H](C)N)C(C)=C4CCC(=O)O)C(CCC(=O)O)=C3C. The summed E-state index contributed by atoms with van der Waals surface area (Å²) in [6.07, 6.45) is 1.09. The fraction of sp³-hybridized carbons (Fsp3) is 0.353. The summed E-state index contributed by atoms with van der Waals surface area (Å²) in [6, 6.07) is 7.25. The maximum Gasteiger partial charge on any atom is 0.303 e. The highest BCUT2D eigenvalue weighted by Crippen LogP contribution is 2.38.